The van der Waals surface area contributed by atoms with Gasteiger partial charge in [-0.25, -0.2) is 4.68 Å². The summed E-state index contributed by atoms with van der Waals surface area (Å²) in [6.45, 7) is 6.72. The molecule has 0 spiro atoms. The molecule has 154 valence electrons. The zero-order valence-corrected chi connectivity index (χ0v) is 18.5. The van der Waals surface area contributed by atoms with E-state index in [1.807, 2.05) is 54.6 Å². The van der Waals surface area contributed by atoms with Crippen LogP contribution in [0.3, 0.4) is 0 Å². The van der Waals surface area contributed by atoms with E-state index in [0.717, 1.165) is 22.5 Å². The molecule has 0 amide bonds. The van der Waals surface area contributed by atoms with Crippen molar-refractivity contribution in [1.29, 1.82) is 0 Å². The van der Waals surface area contributed by atoms with Gasteiger partial charge in [-0.2, -0.15) is 5.10 Å². The first-order valence-corrected chi connectivity index (χ1v) is 10.4. The Morgan fingerprint density at radius 1 is 1.00 bits per heavy atom. The Morgan fingerprint density at radius 3 is 2.20 bits per heavy atom. The number of aromatic amines is 1. The highest BCUT2D eigenvalue weighted by molar-refractivity contribution is 6.30. The van der Waals surface area contributed by atoms with Gasteiger partial charge in [0.1, 0.15) is 5.65 Å². The maximum Gasteiger partial charge on any atom is 0.254 e. The largest absolute Gasteiger partial charge is 0.381 e. The SMILES string of the molecule is CC(C)(C)c1nn(-c2ccc(Cl)cc2)c2[nH]c(=O)c(CNc3ccc(Cl)cc3)cc12. The van der Waals surface area contributed by atoms with Gasteiger partial charge in [0.15, 0.2) is 0 Å². The van der Waals surface area contributed by atoms with Crippen LogP contribution in [0.5, 0.6) is 0 Å². The van der Waals surface area contributed by atoms with E-state index in [-0.39, 0.29) is 11.0 Å². The summed E-state index contributed by atoms with van der Waals surface area (Å²) >= 11 is 12.0. The van der Waals surface area contributed by atoms with Crippen molar-refractivity contribution in [2.24, 2.45) is 0 Å². The number of hydrogen-bond donors (Lipinski definition) is 2. The Balaban J connectivity index is 1.79. The van der Waals surface area contributed by atoms with Gasteiger partial charge in [0.2, 0.25) is 0 Å². The maximum atomic E-state index is 12.8. The lowest BCUT2D eigenvalue weighted by Crippen LogP contribution is -2.17. The van der Waals surface area contributed by atoms with Crippen molar-refractivity contribution >= 4 is 39.9 Å². The number of nitrogens with one attached hydrogen (secondary N) is 2. The number of halogens is 2. The molecule has 0 aliphatic rings. The summed E-state index contributed by atoms with van der Waals surface area (Å²) in [6.07, 6.45) is 0. The van der Waals surface area contributed by atoms with Gasteiger partial charge in [-0.3, -0.25) is 4.79 Å². The Morgan fingerprint density at radius 2 is 1.60 bits per heavy atom. The van der Waals surface area contributed by atoms with E-state index in [9.17, 15) is 4.79 Å². The molecule has 0 saturated heterocycles. The first kappa shape index (κ1) is 20.5. The Kier molecular flexibility index (Phi) is 5.35. The number of hydrogen-bond acceptors (Lipinski definition) is 3. The third-order valence-electron chi connectivity index (χ3n) is 4.87. The molecule has 4 rings (SSSR count). The van der Waals surface area contributed by atoms with Gasteiger partial charge in [-0.15, -0.1) is 0 Å². The number of fused-ring (bicyclic) bond motifs is 1. The van der Waals surface area contributed by atoms with Crippen LogP contribution in [0.1, 0.15) is 32.0 Å². The maximum absolute atomic E-state index is 12.8. The second kappa shape index (κ2) is 7.82. The predicted molar refractivity (Wildman–Crippen MR) is 124 cm³/mol. The van der Waals surface area contributed by atoms with Crippen molar-refractivity contribution in [3.63, 3.8) is 0 Å². The fourth-order valence-electron chi connectivity index (χ4n) is 3.33. The second-order valence-corrected chi connectivity index (χ2v) is 9.11. The van der Waals surface area contributed by atoms with Crippen molar-refractivity contribution in [1.82, 2.24) is 14.8 Å². The van der Waals surface area contributed by atoms with Crippen LogP contribution in [-0.2, 0) is 12.0 Å². The van der Waals surface area contributed by atoms with Crippen LogP contribution in [0.4, 0.5) is 5.69 Å². The van der Waals surface area contributed by atoms with E-state index in [2.05, 4.69) is 31.1 Å². The topological polar surface area (TPSA) is 62.7 Å². The fraction of sp³-hybridized carbons (Fsp3) is 0.217. The number of rotatable bonds is 4. The van der Waals surface area contributed by atoms with Gasteiger partial charge in [-0.05, 0) is 54.6 Å². The van der Waals surface area contributed by atoms with Crippen LogP contribution >= 0.6 is 23.2 Å². The molecule has 7 heteroatoms. The third kappa shape index (κ3) is 4.09. The molecule has 0 bridgehead atoms. The van der Waals surface area contributed by atoms with E-state index in [1.165, 1.54) is 0 Å². The van der Waals surface area contributed by atoms with Crippen LogP contribution in [0.2, 0.25) is 10.0 Å². The molecule has 0 unspecified atom stereocenters. The molecule has 2 heterocycles. The molecule has 0 saturated carbocycles. The number of pyridine rings is 1. The number of benzene rings is 2. The predicted octanol–water partition coefficient (Wildman–Crippen LogP) is 5.93. The zero-order chi connectivity index (χ0) is 21.5. The van der Waals surface area contributed by atoms with Crippen LogP contribution in [0.25, 0.3) is 16.7 Å². The van der Waals surface area contributed by atoms with Gasteiger partial charge >= 0.3 is 0 Å². The average molecular weight is 441 g/mol. The summed E-state index contributed by atoms with van der Waals surface area (Å²) in [6, 6.07) is 16.7. The first-order valence-electron chi connectivity index (χ1n) is 9.63. The molecule has 0 aliphatic heterocycles. The molecule has 4 aromatic rings. The van der Waals surface area contributed by atoms with Gasteiger partial charge in [0.25, 0.3) is 5.56 Å². The van der Waals surface area contributed by atoms with Crippen LogP contribution in [0, 0.1) is 0 Å². The van der Waals surface area contributed by atoms with Crippen molar-refractivity contribution in [3.05, 3.63) is 86.3 Å². The number of aromatic nitrogens is 3. The van der Waals surface area contributed by atoms with Crippen molar-refractivity contribution in [3.8, 4) is 5.69 Å². The minimum absolute atomic E-state index is 0.153. The van der Waals surface area contributed by atoms with Crippen LogP contribution < -0.4 is 10.9 Å². The molecule has 30 heavy (non-hydrogen) atoms. The lowest BCUT2D eigenvalue weighted by atomic mass is 9.90. The molecule has 2 N–H and O–H groups in total. The second-order valence-electron chi connectivity index (χ2n) is 8.23. The highest BCUT2D eigenvalue weighted by atomic mass is 35.5. The Hall–Kier alpha value is -2.76. The standard InChI is InChI=1S/C23H22Cl2N4O/c1-23(2,3)20-19-12-14(13-26-17-8-4-15(24)5-9-17)22(30)27-21(19)29(28-20)18-10-6-16(25)7-11-18/h4-12,26H,13H2,1-3H3,(H,27,30). The molecule has 2 aromatic heterocycles. The molecular weight excluding hydrogens is 419 g/mol. The number of H-pyrrole nitrogens is 1. The summed E-state index contributed by atoms with van der Waals surface area (Å²) in [5.41, 5.74) is 3.60. The normalized spacial score (nSPS) is 11.8. The molecule has 0 radical (unpaired) electrons. The fourth-order valence-corrected chi connectivity index (χ4v) is 3.59. The molecule has 0 aliphatic carbocycles. The van der Waals surface area contributed by atoms with E-state index in [1.54, 1.807) is 4.68 Å². The number of nitrogens with zero attached hydrogens (tertiary/aromatic N) is 2. The van der Waals surface area contributed by atoms with Gasteiger partial charge in [0.05, 0.1) is 11.4 Å². The highest BCUT2D eigenvalue weighted by Gasteiger charge is 2.24. The quantitative estimate of drug-likeness (QED) is 0.413. The molecule has 2 aromatic carbocycles. The summed E-state index contributed by atoms with van der Waals surface area (Å²) in [5, 5.41) is 10.4. The van der Waals surface area contributed by atoms with Crippen LogP contribution in [-0.4, -0.2) is 14.8 Å². The van der Waals surface area contributed by atoms with Crippen molar-refractivity contribution in [2.75, 3.05) is 5.32 Å². The highest BCUT2D eigenvalue weighted by Crippen LogP contribution is 2.30. The van der Waals surface area contributed by atoms with Gasteiger partial charge < -0.3 is 10.3 Å². The van der Waals surface area contributed by atoms with Crippen molar-refractivity contribution < 1.29 is 0 Å². The third-order valence-corrected chi connectivity index (χ3v) is 5.38. The monoisotopic (exact) mass is 440 g/mol. The van der Waals surface area contributed by atoms with E-state index in [4.69, 9.17) is 28.3 Å². The van der Waals surface area contributed by atoms with E-state index >= 15 is 0 Å². The average Bonchev–Trinajstić information content (AvgIpc) is 3.06. The van der Waals surface area contributed by atoms with Crippen molar-refractivity contribution in [2.45, 2.75) is 32.7 Å². The van der Waals surface area contributed by atoms with E-state index < -0.39 is 0 Å². The summed E-state index contributed by atoms with van der Waals surface area (Å²) in [7, 11) is 0. The smallest absolute Gasteiger partial charge is 0.254 e. The first-order chi connectivity index (χ1) is 14.2. The summed E-state index contributed by atoms with van der Waals surface area (Å²) < 4.78 is 1.77. The van der Waals surface area contributed by atoms with Gasteiger partial charge in [-0.1, -0.05) is 44.0 Å². The molecule has 0 fully saturated rings. The zero-order valence-electron chi connectivity index (χ0n) is 17.0. The lowest BCUT2D eigenvalue weighted by molar-refractivity contribution is 0.565. The Bertz CT molecular complexity index is 1250. The Labute approximate surface area is 184 Å². The molecular formula is C23H22Cl2N4O. The van der Waals surface area contributed by atoms with Gasteiger partial charge in [0, 0.05) is 38.6 Å². The van der Waals surface area contributed by atoms with Crippen LogP contribution in [0.15, 0.2) is 59.4 Å². The minimum atomic E-state index is -0.199. The number of anilines is 1. The summed E-state index contributed by atoms with van der Waals surface area (Å²) in [4.78, 5) is 15.9. The van der Waals surface area contributed by atoms with E-state index in [0.29, 0.717) is 27.8 Å². The molecule has 0 atom stereocenters. The molecule has 5 nitrogen and oxygen atoms in total. The minimum Gasteiger partial charge on any atom is -0.381 e. The lowest BCUT2D eigenvalue weighted by Gasteiger charge is -2.15. The summed E-state index contributed by atoms with van der Waals surface area (Å²) in [5.74, 6) is 0.